The minimum absolute atomic E-state index is 0.0996. The molecule has 1 aliphatic rings. The van der Waals surface area contributed by atoms with Crippen LogP contribution < -0.4 is 15.3 Å². The van der Waals surface area contributed by atoms with Crippen LogP contribution in [-0.4, -0.2) is 11.9 Å². The van der Waals surface area contributed by atoms with Crippen LogP contribution in [0.5, 0.6) is 0 Å². The first-order chi connectivity index (χ1) is 12.6. The number of fused-ring (bicyclic) bond motifs is 1. The van der Waals surface area contributed by atoms with E-state index in [0.29, 0.717) is 5.56 Å². The number of rotatable bonds is 3. The first-order valence-corrected chi connectivity index (χ1v) is 8.20. The Kier molecular flexibility index (Phi) is 3.89. The standard InChI is InChI=1S/C21H16N2O3/c24-20-17-8-4-5-9-18(17)22-19(23(20)16-6-2-1-3-7-16)14-10-12-15(13-11-14)21(25)26/h1-13,19,22H,(H,25,26)/p-1/t19-/m0/s1. The van der Waals surface area contributed by atoms with Crippen LogP contribution in [0.3, 0.4) is 0 Å². The maximum absolute atomic E-state index is 13.2. The maximum Gasteiger partial charge on any atom is 0.262 e. The predicted molar refractivity (Wildman–Crippen MR) is 96.8 cm³/mol. The Labute approximate surface area is 150 Å². The summed E-state index contributed by atoms with van der Waals surface area (Å²) in [6, 6.07) is 23.1. The highest BCUT2D eigenvalue weighted by atomic mass is 16.4. The van der Waals surface area contributed by atoms with Gasteiger partial charge in [-0.1, -0.05) is 54.6 Å². The Morgan fingerprint density at radius 1 is 0.885 bits per heavy atom. The first-order valence-electron chi connectivity index (χ1n) is 8.20. The lowest BCUT2D eigenvalue weighted by Gasteiger charge is -2.38. The van der Waals surface area contributed by atoms with Crippen molar-refractivity contribution in [3.8, 4) is 0 Å². The summed E-state index contributed by atoms with van der Waals surface area (Å²) in [5.74, 6) is -1.34. The third-order valence-electron chi connectivity index (χ3n) is 4.42. The molecule has 1 N–H and O–H groups in total. The quantitative estimate of drug-likeness (QED) is 0.794. The van der Waals surface area contributed by atoms with Crippen molar-refractivity contribution in [2.24, 2.45) is 0 Å². The third kappa shape index (κ3) is 2.69. The molecule has 1 aliphatic heterocycles. The maximum atomic E-state index is 13.2. The number of carbonyl (C=O) groups is 2. The number of nitrogens with one attached hydrogen (secondary N) is 1. The van der Waals surface area contributed by atoms with Gasteiger partial charge in [-0.05, 0) is 35.4 Å². The van der Waals surface area contributed by atoms with Gasteiger partial charge in [0.05, 0.1) is 11.5 Å². The van der Waals surface area contributed by atoms with E-state index in [4.69, 9.17) is 0 Å². The second-order valence-corrected chi connectivity index (χ2v) is 6.01. The monoisotopic (exact) mass is 343 g/mol. The number of amides is 1. The van der Waals surface area contributed by atoms with Crippen molar-refractivity contribution in [3.05, 3.63) is 95.6 Å². The van der Waals surface area contributed by atoms with Crippen LogP contribution in [0.15, 0.2) is 78.9 Å². The fraction of sp³-hybridized carbons (Fsp3) is 0.0476. The molecule has 1 amide bonds. The molecule has 4 rings (SSSR count). The molecule has 0 saturated carbocycles. The van der Waals surface area contributed by atoms with E-state index in [9.17, 15) is 14.7 Å². The first kappa shape index (κ1) is 15.9. The molecule has 0 fully saturated rings. The fourth-order valence-electron chi connectivity index (χ4n) is 3.14. The van der Waals surface area contributed by atoms with Gasteiger partial charge in [0.1, 0.15) is 6.17 Å². The molecule has 0 radical (unpaired) electrons. The van der Waals surface area contributed by atoms with Crippen LogP contribution in [0.1, 0.15) is 32.4 Å². The summed E-state index contributed by atoms with van der Waals surface area (Å²) in [6.07, 6.45) is -0.449. The van der Waals surface area contributed by atoms with E-state index in [0.717, 1.165) is 16.9 Å². The second-order valence-electron chi connectivity index (χ2n) is 6.01. The molecule has 0 saturated heterocycles. The molecular weight excluding hydrogens is 328 g/mol. The molecule has 5 nitrogen and oxygen atoms in total. The number of carboxylic acid groups (broad SMARTS) is 1. The molecule has 1 atom stereocenters. The lowest BCUT2D eigenvalue weighted by atomic mass is 10.0. The number of carboxylic acids is 1. The smallest absolute Gasteiger partial charge is 0.262 e. The molecule has 3 aromatic carbocycles. The molecule has 0 aromatic heterocycles. The van der Waals surface area contributed by atoms with Gasteiger partial charge in [0.25, 0.3) is 5.91 Å². The zero-order valence-electron chi connectivity index (χ0n) is 13.8. The van der Waals surface area contributed by atoms with Gasteiger partial charge in [-0.15, -0.1) is 0 Å². The van der Waals surface area contributed by atoms with Crippen LogP contribution in [0.4, 0.5) is 11.4 Å². The predicted octanol–water partition coefficient (Wildman–Crippen LogP) is 2.82. The SMILES string of the molecule is O=C([O-])c1ccc([C@H]2Nc3ccccc3C(=O)N2c2ccccc2)cc1. The molecule has 0 bridgehead atoms. The molecule has 0 unspecified atom stereocenters. The third-order valence-corrected chi connectivity index (χ3v) is 4.42. The number of nitrogens with zero attached hydrogens (tertiary/aromatic N) is 1. The van der Waals surface area contributed by atoms with Gasteiger partial charge in [-0.3, -0.25) is 9.69 Å². The van der Waals surface area contributed by atoms with Crippen molar-refractivity contribution in [2.75, 3.05) is 10.2 Å². The zero-order chi connectivity index (χ0) is 18.1. The molecule has 128 valence electrons. The van der Waals surface area contributed by atoms with Gasteiger partial charge in [0, 0.05) is 11.4 Å². The number of hydrogen-bond donors (Lipinski definition) is 1. The number of aromatic carboxylic acids is 1. The van der Waals surface area contributed by atoms with E-state index in [1.807, 2.05) is 48.5 Å². The van der Waals surface area contributed by atoms with Crippen LogP contribution in [0.25, 0.3) is 0 Å². The van der Waals surface area contributed by atoms with Crippen molar-refractivity contribution in [1.29, 1.82) is 0 Å². The summed E-state index contributed by atoms with van der Waals surface area (Å²) in [4.78, 5) is 25.8. The molecule has 26 heavy (non-hydrogen) atoms. The number of carbonyl (C=O) groups excluding carboxylic acids is 2. The van der Waals surface area contributed by atoms with Gasteiger partial charge in [0.2, 0.25) is 0 Å². The van der Waals surface area contributed by atoms with Gasteiger partial charge >= 0.3 is 0 Å². The van der Waals surface area contributed by atoms with Gasteiger partial charge in [-0.25, -0.2) is 0 Å². The normalized spacial score (nSPS) is 15.9. The van der Waals surface area contributed by atoms with Gasteiger partial charge < -0.3 is 15.2 Å². The number of benzene rings is 3. The molecular formula is C21H15N2O3-. The van der Waals surface area contributed by atoms with Crippen molar-refractivity contribution < 1.29 is 14.7 Å². The van der Waals surface area contributed by atoms with E-state index in [1.165, 1.54) is 12.1 Å². The van der Waals surface area contributed by atoms with Crippen LogP contribution in [0, 0.1) is 0 Å². The molecule has 0 spiro atoms. The average Bonchev–Trinajstić information content (AvgIpc) is 2.68. The summed E-state index contributed by atoms with van der Waals surface area (Å²) < 4.78 is 0. The number of hydrogen-bond acceptors (Lipinski definition) is 4. The van der Waals surface area contributed by atoms with Crippen molar-refractivity contribution >= 4 is 23.3 Å². The minimum Gasteiger partial charge on any atom is -0.545 e. The summed E-state index contributed by atoms with van der Waals surface area (Å²) in [5, 5.41) is 14.4. The Morgan fingerprint density at radius 2 is 1.54 bits per heavy atom. The Balaban J connectivity index is 1.82. The van der Waals surface area contributed by atoms with Gasteiger partial charge in [0.15, 0.2) is 0 Å². The Hall–Kier alpha value is -3.60. The second kappa shape index (κ2) is 6.37. The van der Waals surface area contributed by atoms with E-state index in [1.54, 1.807) is 23.1 Å². The molecule has 5 heteroatoms. The number of para-hydroxylation sites is 2. The summed E-state index contributed by atoms with van der Waals surface area (Å²) in [5.41, 5.74) is 2.98. The Morgan fingerprint density at radius 3 is 2.23 bits per heavy atom. The largest absolute Gasteiger partial charge is 0.545 e. The zero-order valence-corrected chi connectivity index (χ0v) is 13.8. The molecule has 0 aliphatic carbocycles. The fourth-order valence-corrected chi connectivity index (χ4v) is 3.14. The molecule has 3 aromatic rings. The lowest BCUT2D eigenvalue weighted by Crippen LogP contribution is -2.43. The van der Waals surface area contributed by atoms with E-state index < -0.39 is 12.1 Å². The summed E-state index contributed by atoms with van der Waals surface area (Å²) in [7, 11) is 0. The van der Waals surface area contributed by atoms with E-state index in [-0.39, 0.29) is 11.5 Å². The summed E-state index contributed by atoms with van der Waals surface area (Å²) in [6.45, 7) is 0. The van der Waals surface area contributed by atoms with Crippen molar-refractivity contribution in [1.82, 2.24) is 0 Å². The van der Waals surface area contributed by atoms with Crippen molar-refractivity contribution in [2.45, 2.75) is 6.17 Å². The van der Waals surface area contributed by atoms with E-state index in [2.05, 4.69) is 5.32 Å². The van der Waals surface area contributed by atoms with E-state index >= 15 is 0 Å². The number of anilines is 2. The minimum atomic E-state index is -1.23. The summed E-state index contributed by atoms with van der Waals surface area (Å²) >= 11 is 0. The highest BCUT2D eigenvalue weighted by molar-refractivity contribution is 6.12. The van der Waals surface area contributed by atoms with Gasteiger partial charge in [-0.2, -0.15) is 0 Å². The highest BCUT2D eigenvalue weighted by Gasteiger charge is 2.33. The molecule has 1 heterocycles. The Bertz CT molecular complexity index is 968. The lowest BCUT2D eigenvalue weighted by molar-refractivity contribution is -0.255. The topological polar surface area (TPSA) is 72.5 Å². The highest BCUT2D eigenvalue weighted by Crippen LogP contribution is 2.36. The van der Waals surface area contributed by atoms with Crippen LogP contribution >= 0.6 is 0 Å². The van der Waals surface area contributed by atoms with Crippen molar-refractivity contribution in [3.63, 3.8) is 0 Å². The van der Waals surface area contributed by atoms with Crippen LogP contribution in [-0.2, 0) is 0 Å². The van der Waals surface area contributed by atoms with Crippen LogP contribution in [0.2, 0.25) is 0 Å². The average molecular weight is 343 g/mol.